The van der Waals surface area contributed by atoms with Crippen molar-refractivity contribution in [1.82, 2.24) is 4.57 Å². The van der Waals surface area contributed by atoms with Gasteiger partial charge in [-0.05, 0) is 18.6 Å². The number of para-hydroxylation sites is 1. The third-order valence-electron chi connectivity index (χ3n) is 2.59. The standard InChI is InChI=1S/C13H13NO2/c1-2-3-8-14-9-7-10-5-4-6-11(12(10)14)13(15)16/h2,4-7,9H,1,3,8H2,(H,15,16). The maximum atomic E-state index is 11.1. The largest absolute Gasteiger partial charge is 0.478 e. The second-order valence-electron chi connectivity index (χ2n) is 3.64. The van der Waals surface area contributed by atoms with Crippen LogP contribution in [0.1, 0.15) is 16.8 Å². The Morgan fingerprint density at radius 2 is 2.25 bits per heavy atom. The number of benzene rings is 1. The van der Waals surface area contributed by atoms with Gasteiger partial charge in [0, 0.05) is 18.1 Å². The minimum absolute atomic E-state index is 0.353. The quantitative estimate of drug-likeness (QED) is 0.797. The molecule has 0 aliphatic carbocycles. The number of fused-ring (bicyclic) bond motifs is 1. The summed E-state index contributed by atoms with van der Waals surface area (Å²) in [6.07, 6.45) is 4.58. The third kappa shape index (κ3) is 1.72. The van der Waals surface area contributed by atoms with Crippen molar-refractivity contribution in [3.8, 4) is 0 Å². The highest BCUT2D eigenvalue weighted by Crippen LogP contribution is 2.20. The summed E-state index contributed by atoms with van der Waals surface area (Å²) in [5.74, 6) is -0.885. The summed E-state index contributed by atoms with van der Waals surface area (Å²) in [6.45, 7) is 4.43. The minimum Gasteiger partial charge on any atom is -0.478 e. The molecule has 0 aliphatic heterocycles. The molecule has 0 saturated heterocycles. The van der Waals surface area contributed by atoms with Crippen molar-refractivity contribution >= 4 is 16.9 Å². The van der Waals surface area contributed by atoms with Gasteiger partial charge in [-0.1, -0.05) is 18.2 Å². The van der Waals surface area contributed by atoms with Gasteiger partial charge in [-0.3, -0.25) is 0 Å². The molecule has 0 radical (unpaired) electrons. The molecule has 3 nitrogen and oxygen atoms in total. The zero-order valence-electron chi connectivity index (χ0n) is 8.89. The van der Waals surface area contributed by atoms with Crippen LogP contribution in [0.5, 0.6) is 0 Å². The number of aromatic nitrogens is 1. The van der Waals surface area contributed by atoms with Gasteiger partial charge in [-0.25, -0.2) is 4.79 Å². The van der Waals surface area contributed by atoms with Crippen LogP contribution in [0.15, 0.2) is 43.1 Å². The smallest absolute Gasteiger partial charge is 0.337 e. The van der Waals surface area contributed by atoms with Gasteiger partial charge in [-0.15, -0.1) is 6.58 Å². The van der Waals surface area contributed by atoms with Gasteiger partial charge in [0.1, 0.15) is 0 Å². The first-order chi connectivity index (χ1) is 7.74. The summed E-state index contributed by atoms with van der Waals surface area (Å²) in [7, 11) is 0. The van der Waals surface area contributed by atoms with E-state index in [0.29, 0.717) is 5.56 Å². The highest BCUT2D eigenvalue weighted by atomic mass is 16.4. The summed E-state index contributed by atoms with van der Waals surface area (Å²) >= 11 is 0. The van der Waals surface area contributed by atoms with Crippen molar-refractivity contribution in [2.75, 3.05) is 0 Å². The molecule has 82 valence electrons. The van der Waals surface area contributed by atoms with Crippen molar-refractivity contribution in [2.24, 2.45) is 0 Å². The summed E-state index contributed by atoms with van der Waals surface area (Å²) in [6, 6.07) is 7.26. The Morgan fingerprint density at radius 3 is 2.94 bits per heavy atom. The molecule has 0 atom stereocenters. The fourth-order valence-electron chi connectivity index (χ4n) is 1.85. The van der Waals surface area contributed by atoms with Crippen LogP contribution in [0.4, 0.5) is 0 Å². The van der Waals surface area contributed by atoms with E-state index < -0.39 is 5.97 Å². The normalized spacial score (nSPS) is 10.5. The van der Waals surface area contributed by atoms with Crippen LogP contribution >= 0.6 is 0 Å². The van der Waals surface area contributed by atoms with Crippen molar-refractivity contribution < 1.29 is 9.90 Å². The first kappa shape index (κ1) is 10.5. The predicted molar refractivity (Wildman–Crippen MR) is 63.7 cm³/mol. The Balaban J connectivity index is 2.58. The second-order valence-corrected chi connectivity index (χ2v) is 3.64. The molecule has 0 spiro atoms. The van der Waals surface area contributed by atoms with Crippen molar-refractivity contribution in [1.29, 1.82) is 0 Å². The number of aryl methyl sites for hydroxylation is 1. The third-order valence-corrected chi connectivity index (χ3v) is 2.59. The van der Waals surface area contributed by atoms with Crippen LogP contribution < -0.4 is 0 Å². The number of allylic oxidation sites excluding steroid dienone is 1. The Hall–Kier alpha value is -2.03. The van der Waals surface area contributed by atoms with E-state index in [9.17, 15) is 4.79 Å². The average molecular weight is 215 g/mol. The average Bonchev–Trinajstić information content (AvgIpc) is 2.69. The minimum atomic E-state index is -0.885. The first-order valence-corrected chi connectivity index (χ1v) is 5.16. The topological polar surface area (TPSA) is 42.2 Å². The number of hydrogen-bond donors (Lipinski definition) is 1. The fourth-order valence-corrected chi connectivity index (χ4v) is 1.85. The molecule has 2 rings (SSSR count). The number of rotatable bonds is 4. The van der Waals surface area contributed by atoms with Crippen molar-refractivity contribution in [2.45, 2.75) is 13.0 Å². The van der Waals surface area contributed by atoms with Gasteiger partial charge in [0.2, 0.25) is 0 Å². The number of carbonyl (C=O) groups is 1. The van der Waals surface area contributed by atoms with E-state index in [2.05, 4.69) is 6.58 Å². The number of hydrogen-bond acceptors (Lipinski definition) is 1. The lowest BCUT2D eigenvalue weighted by Gasteiger charge is -2.05. The molecule has 2 aromatic rings. The lowest BCUT2D eigenvalue weighted by atomic mass is 10.1. The molecule has 0 unspecified atom stereocenters. The number of carboxylic acids is 1. The SMILES string of the molecule is C=CCCn1ccc2cccc(C(=O)O)c21. The van der Waals surface area contributed by atoms with Gasteiger partial charge in [0.15, 0.2) is 0 Å². The second kappa shape index (κ2) is 4.23. The van der Waals surface area contributed by atoms with E-state index in [1.807, 2.05) is 29.0 Å². The molecule has 1 aromatic heterocycles. The molecule has 0 fully saturated rings. The fraction of sp³-hybridized carbons (Fsp3) is 0.154. The van der Waals surface area contributed by atoms with Crippen molar-refractivity contribution in [3.05, 3.63) is 48.7 Å². The van der Waals surface area contributed by atoms with Gasteiger partial charge in [-0.2, -0.15) is 0 Å². The van der Waals surface area contributed by atoms with Crippen LogP contribution in [0.25, 0.3) is 10.9 Å². The Kier molecular flexibility index (Phi) is 2.77. The number of carboxylic acid groups (broad SMARTS) is 1. The van der Waals surface area contributed by atoms with Crippen molar-refractivity contribution in [3.63, 3.8) is 0 Å². The molecular formula is C13H13NO2. The molecule has 0 aliphatic rings. The number of aromatic carboxylic acids is 1. The molecule has 1 heterocycles. The van der Waals surface area contributed by atoms with E-state index in [0.717, 1.165) is 23.9 Å². The van der Waals surface area contributed by atoms with E-state index in [1.165, 1.54) is 0 Å². The maximum Gasteiger partial charge on any atom is 0.337 e. The Morgan fingerprint density at radius 1 is 1.44 bits per heavy atom. The van der Waals surface area contributed by atoms with Crippen LogP contribution in [-0.2, 0) is 6.54 Å². The first-order valence-electron chi connectivity index (χ1n) is 5.16. The monoisotopic (exact) mass is 215 g/mol. The van der Waals surface area contributed by atoms with Gasteiger partial charge < -0.3 is 9.67 Å². The van der Waals surface area contributed by atoms with Crippen LogP contribution in [0.3, 0.4) is 0 Å². The molecule has 0 amide bonds. The molecule has 1 aromatic carbocycles. The maximum absolute atomic E-state index is 11.1. The van der Waals surface area contributed by atoms with Crippen LogP contribution in [0, 0.1) is 0 Å². The summed E-state index contributed by atoms with van der Waals surface area (Å²) in [5.41, 5.74) is 1.14. The molecular weight excluding hydrogens is 202 g/mol. The highest BCUT2D eigenvalue weighted by molar-refractivity contribution is 6.02. The Labute approximate surface area is 93.6 Å². The Bertz CT molecular complexity index is 540. The summed E-state index contributed by atoms with van der Waals surface area (Å²) < 4.78 is 1.96. The highest BCUT2D eigenvalue weighted by Gasteiger charge is 2.11. The zero-order valence-corrected chi connectivity index (χ0v) is 8.89. The van der Waals surface area contributed by atoms with Crippen LogP contribution in [0.2, 0.25) is 0 Å². The van der Waals surface area contributed by atoms with Gasteiger partial charge in [0.25, 0.3) is 0 Å². The lowest BCUT2D eigenvalue weighted by Crippen LogP contribution is -2.02. The van der Waals surface area contributed by atoms with Gasteiger partial charge >= 0.3 is 5.97 Å². The van der Waals surface area contributed by atoms with E-state index in [1.54, 1.807) is 12.1 Å². The molecule has 16 heavy (non-hydrogen) atoms. The van der Waals surface area contributed by atoms with E-state index in [4.69, 9.17) is 5.11 Å². The number of nitrogens with zero attached hydrogens (tertiary/aromatic N) is 1. The predicted octanol–water partition coefficient (Wildman–Crippen LogP) is 2.92. The molecule has 3 heteroatoms. The molecule has 1 N–H and O–H groups in total. The summed E-state index contributed by atoms with van der Waals surface area (Å²) in [5, 5.41) is 10.1. The van der Waals surface area contributed by atoms with Gasteiger partial charge in [0.05, 0.1) is 11.1 Å². The zero-order chi connectivity index (χ0) is 11.5. The van der Waals surface area contributed by atoms with Crippen LogP contribution in [-0.4, -0.2) is 15.6 Å². The van der Waals surface area contributed by atoms with E-state index in [-0.39, 0.29) is 0 Å². The lowest BCUT2D eigenvalue weighted by molar-refractivity contribution is 0.0698. The van der Waals surface area contributed by atoms with E-state index >= 15 is 0 Å². The molecule has 0 bridgehead atoms. The summed E-state index contributed by atoms with van der Waals surface area (Å²) in [4.78, 5) is 11.1. The molecule has 0 saturated carbocycles.